The van der Waals surface area contributed by atoms with Crippen molar-refractivity contribution in [3.63, 3.8) is 0 Å². The molecule has 3 N–H and O–H groups in total. The summed E-state index contributed by atoms with van der Waals surface area (Å²) in [6.45, 7) is 3.41. The van der Waals surface area contributed by atoms with Crippen molar-refractivity contribution in [3.8, 4) is 0 Å². The summed E-state index contributed by atoms with van der Waals surface area (Å²) in [5.41, 5.74) is 0. The third-order valence-electron chi connectivity index (χ3n) is 1.52. The van der Waals surface area contributed by atoms with E-state index < -0.39 is 20.0 Å². The minimum absolute atomic E-state index is 0.375. The number of aliphatic hydroxyl groups excluding tert-OH is 1. The highest BCUT2D eigenvalue weighted by atomic mass is 31.2. The Kier molecular flexibility index (Phi) is 4.97. The molecule has 0 aliphatic carbocycles. The van der Waals surface area contributed by atoms with Gasteiger partial charge in [-0.15, -0.1) is 0 Å². The maximum absolute atomic E-state index is 10.4. The fraction of sp³-hybridized carbons (Fsp3) is 1.00. The molecule has 0 heterocycles. The van der Waals surface area contributed by atoms with Gasteiger partial charge in [-0.25, -0.2) is 4.57 Å². The molecule has 0 radical (unpaired) electrons. The van der Waals surface area contributed by atoms with Gasteiger partial charge >= 0.3 is 7.82 Å². The number of aliphatic hydroxyl groups is 1. The molecule has 0 aromatic heterocycles. The van der Waals surface area contributed by atoms with E-state index in [9.17, 15) is 9.67 Å². The Morgan fingerprint density at radius 3 is 2.08 bits per heavy atom. The molecule has 0 saturated carbocycles. The lowest BCUT2D eigenvalue weighted by molar-refractivity contribution is 0.0135. The summed E-state index contributed by atoms with van der Waals surface area (Å²) in [7, 11) is -4.47. The fourth-order valence-corrected chi connectivity index (χ4v) is 1.50. The average Bonchev–Trinajstić information content (AvgIpc) is 1.97. The fourth-order valence-electron chi connectivity index (χ4n) is 0.856. The lowest BCUT2D eigenvalue weighted by Gasteiger charge is -2.20. The van der Waals surface area contributed by atoms with Crippen molar-refractivity contribution in [2.75, 3.05) is 0 Å². The Morgan fingerprint density at radius 1 is 1.33 bits per heavy atom. The van der Waals surface area contributed by atoms with E-state index in [4.69, 9.17) is 9.79 Å². The molecule has 74 valence electrons. The quantitative estimate of drug-likeness (QED) is 0.564. The second-order valence-corrected chi connectivity index (χ2v) is 3.71. The van der Waals surface area contributed by atoms with Gasteiger partial charge in [0, 0.05) is 0 Å². The molecular formula is C6H15O5P. The zero-order valence-electron chi connectivity index (χ0n) is 7.17. The molecule has 0 fully saturated rings. The number of rotatable bonds is 5. The van der Waals surface area contributed by atoms with Crippen LogP contribution in [0.5, 0.6) is 0 Å². The zero-order chi connectivity index (χ0) is 9.78. The first-order valence-corrected chi connectivity index (χ1v) is 5.35. The first-order valence-electron chi connectivity index (χ1n) is 3.82. The summed E-state index contributed by atoms with van der Waals surface area (Å²) in [5.74, 6) is 0. The van der Waals surface area contributed by atoms with Crippen LogP contribution in [0.3, 0.4) is 0 Å². The molecule has 2 atom stereocenters. The van der Waals surface area contributed by atoms with Crippen LogP contribution in [0.25, 0.3) is 0 Å². The van der Waals surface area contributed by atoms with E-state index in [0.29, 0.717) is 12.8 Å². The second kappa shape index (κ2) is 4.94. The minimum Gasteiger partial charge on any atom is -0.390 e. The summed E-state index contributed by atoms with van der Waals surface area (Å²) in [6.07, 6.45) is -0.808. The molecule has 0 aromatic rings. The van der Waals surface area contributed by atoms with Gasteiger partial charge in [0.1, 0.15) is 0 Å². The Balaban J connectivity index is 4.09. The predicted molar refractivity (Wildman–Crippen MR) is 43.5 cm³/mol. The Labute approximate surface area is 71.6 Å². The van der Waals surface area contributed by atoms with E-state index in [1.165, 1.54) is 0 Å². The lowest BCUT2D eigenvalue weighted by Crippen LogP contribution is -2.26. The van der Waals surface area contributed by atoms with Crippen molar-refractivity contribution in [1.82, 2.24) is 0 Å². The molecule has 12 heavy (non-hydrogen) atoms. The summed E-state index contributed by atoms with van der Waals surface area (Å²) in [4.78, 5) is 16.9. The topological polar surface area (TPSA) is 87.0 Å². The van der Waals surface area contributed by atoms with E-state index in [2.05, 4.69) is 4.52 Å². The summed E-state index contributed by atoms with van der Waals surface area (Å²) in [6, 6.07) is 0. The van der Waals surface area contributed by atoms with Crippen molar-refractivity contribution in [3.05, 3.63) is 0 Å². The van der Waals surface area contributed by atoms with Gasteiger partial charge in [0.15, 0.2) is 0 Å². The van der Waals surface area contributed by atoms with Crippen LogP contribution in [0.4, 0.5) is 0 Å². The van der Waals surface area contributed by atoms with Gasteiger partial charge in [-0.2, -0.15) is 0 Å². The molecule has 0 aliphatic rings. The number of hydrogen-bond acceptors (Lipinski definition) is 3. The van der Waals surface area contributed by atoms with Crippen LogP contribution in [0.2, 0.25) is 0 Å². The van der Waals surface area contributed by atoms with Gasteiger partial charge in [-0.1, -0.05) is 13.8 Å². The Bertz CT molecular complexity index is 165. The van der Waals surface area contributed by atoms with Gasteiger partial charge in [0.2, 0.25) is 0 Å². The van der Waals surface area contributed by atoms with E-state index in [1.54, 1.807) is 13.8 Å². The molecule has 5 nitrogen and oxygen atoms in total. The van der Waals surface area contributed by atoms with E-state index in [1.807, 2.05) is 0 Å². The Morgan fingerprint density at radius 2 is 1.83 bits per heavy atom. The van der Waals surface area contributed by atoms with Gasteiger partial charge < -0.3 is 14.9 Å². The number of phosphoric ester groups is 1. The predicted octanol–water partition coefficient (Wildman–Crippen LogP) is 0.645. The van der Waals surface area contributed by atoms with Gasteiger partial charge in [0.25, 0.3) is 0 Å². The van der Waals surface area contributed by atoms with Crippen LogP contribution in [0.1, 0.15) is 26.7 Å². The molecule has 6 heteroatoms. The second-order valence-electron chi connectivity index (χ2n) is 2.52. The van der Waals surface area contributed by atoms with Crippen molar-refractivity contribution >= 4 is 7.82 Å². The molecule has 0 rings (SSSR count). The molecule has 0 aromatic carbocycles. The van der Waals surface area contributed by atoms with Gasteiger partial charge in [-0.05, 0) is 12.8 Å². The average molecular weight is 198 g/mol. The molecular weight excluding hydrogens is 183 g/mol. The van der Waals surface area contributed by atoms with Crippen molar-refractivity contribution in [2.45, 2.75) is 38.9 Å². The first kappa shape index (κ1) is 12.1. The third-order valence-corrected chi connectivity index (χ3v) is 2.07. The molecule has 0 saturated heterocycles. The van der Waals surface area contributed by atoms with Crippen LogP contribution in [-0.2, 0) is 9.09 Å². The van der Waals surface area contributed by atoms with Crippen molar-refractivity contribution < 1.29 is 24.0 Å². The molecule has 0 spiro atoms. The van der Waals surface area contributed by atoms with Crippen molar-refractivity contribution in [2.24, 2.45) is 0 Å². The maximum atomic E-state index is 10.4. The smallest absolute Gasteiger partial charge is 0.390 e. The highest BCUT2D eigenvalue weighted by molar-refractivity contribution is 7.46. The van der Waals surface area contributed by atoms with Crippen LogP contribution < -0.4 is 0 Å². The van der Waals surface area contributed by atoms with Crippen molar-refractivity contribution in [1.29, 1.82) is 0 Å². The summed E-state index contributed by atoms with van der Waals surface area (Å²) in [5, 5.41) is 9.21. The lowest BCUT2D eigenvalue weighted by atomic mass is 10.1. The summed E-state index contributed by atoms with van der Waals surface area (Å²) >= 11 is 0. The third kappa shape index (κ3) is 4.85. The van der Waals surface area contributed by atoms with Crippen LogP contribution in [0, 0.1) is 0 Å². The normalized spacial score (nSPS) is 17.4. The summed E-state index contributed by atoms with van der Waals surface area (Å²) < 4.78 is 14.7. The zero-order valence-corrected chi connectivity index (χ0v) is 8.07. The standard InChI is InChI=1S/C6H15O5P/c1-3-5(7)6(4-2)11-12(8,9)10/h5-7H,3-4H2,1-2H3,(H2,8,9,10). The minimum atomic E-state index is -4.47. The monoisotopic (exact) mass is 198 g/mol. The molecule has 0 aliphatic heterocycles. The van der Waals surface area contributed by atoms with Gasteiger partial charge in [0.05, 0.1) is 12.2 Å². The maximum Gasteiger partial charge on any atom is 0.469 e. The van der Waals surface area contributed by atoms with Crippen LogP contribution >= 0.6 is 7.82 Å². The van der Waals surface area contributed by atoms with E-state index in [-0.39, 0.29) is 0 Å². The molecule has 2 unspecified atom stereocenters. The number of hydrogen-bond donors (Lipinski definition) is 3. The van der Waals surface area contributed by atoms with Crippen LogP contribution in [-0.4, -0.2) is 27.1 Å². The highest BCUT2D eigenvalue weighted by Crippen LogP contribution is 2.39. The Hall–Kier alpha value is 0.0700. The first-order chi connectivity index (χ1) is 5.40. The van der Waals surface area contributed by atoms with Crippen LogP contribution in [0.15, 0.2) is 0 Å². The molecule has 0 bridgehead atoms. The highest BCUT2D eigenvalue weighted by Gasteiger charge is 2.25. The van der Waals surface area contributed by atoms with Gasteiger partial charge in [-0.3, -0.25) is 4.52 Å². The van der Waals surface area contributed by atoms with E-state index >= 15 is 0 Å². The SMILES string of the molecule is CCC(O)C(CC)OP(=O)(O)O. The molecule has 0 amide bonds. The number of phosphoric acid groups is 1. The largest absolute Gasteiger partial charge is 0.469 e. The van der Waals surface area contributed by atoms with E-state index in [0.717, 1.165) is 0 Å².